The average Bonchev–Trinajstić information content (AvgIpc) is 2.76. The molecule has 1 unspecified atom stereocenters. The standard InChI is InChI=1S/C15H21NO4/c1-15(2)7-6-11(20-15)9-19-14(17)10-4-5-12(16)13(8-10)18-3/h4-5,8,11H,6-7,9,16H2,1-3H3. The molecule has 0 aromatic heterocycles. The lowest BCUT2D eigenvalue weighted by molar-refractivity contribution is -0.0444. The summed E-state index contributed by atoms with van der Waals surface area (Å²) in [4.78, 5) is 12.0. The zero-order valence-corrected chi connectivity index (χ0v) is 12.1. The fourth-order valence-electron chi connectivity index (χ4n) is 2.29. The van der Waals surface area contributed by atoms with Crippen molar-refractivity contribution in [2.24, 2.45) is 0 Å². The van der Waals surface area contributed by atoms with E-state index in [0.717, 1.165) is 12.8 Å². The molecule has 1 heterocycles. The van der Waals surface area contributed by atoms with Crippen molar-refractivity contribution in [3.05, 3.63) is 23.8 Å². The highest BCUT2D eigenvalue weighted by Gasteiger charge is 2.32. The van der Waals surface area contributed by atoms with Gasteiger partial charge in [0.25, 0.3) is 0 Å². The Bertz CT molecular complexity index is 499. The zero-order chi connectivity index (χ0) is 14.8. The van der Waals surface area contributed by atoms with Crippen LogP contribution in [0, 0.1) is 0 Å². The molecule has 1 fully saturated rings. The molecule has 0 bridgehead atoms. The predicted molar refractivity (Wildman–Crippen MR) is 75.9 cm³/mol. The lowest BCUT2D eigenvalue weighted by atomic mass is 10.1. The van der Waals surface area contributed by atoms with Crippen molar-refractivity contribution in [3.63, 3.8) is 0 Å². The maximum absolute atomic E-state index is 12.0. The summed E-state index contributed by atoms with van der Waals surface area (Å²) >= 11 is 0. The van der Waals surface area contributed by atoms with Gasteiger partial charge in [-0.15, -0.1) is 0 Å². The molecular weight excluding hydrogens is 258 g/mol. The number of carbonyl (C=O) groups is 1. The van der Waals surface area contributed by atoms with Gasteiger partial charge in [-0.1, -0.05) is 0 Å². The Hall–Kier alpha value is -1.75. The van der Waals surface area contributed by atoms with Crippen LogP contribution in [0.25, 0.3) is 0 Å². The van der Waals surface area contributed by atoms with E-state index in [1.165, 1.54) is 7.11 Å². The van der Waals surface area contributed by atoms with Crippen LogP contribution >= 0.6 is 0 Å². The van der Waals surface area contributed by atoms with Crippen LogP contribution in [-0.4, -0.2) is 31.4 Å². The summed E-state index contributed by atoms with van der Waals surface area (Å²) in [5.74, 6) is 0.0781. The summed E-state index contributed by atoms with van der Waals surface area (Å²) in [6.45, 7) is 4.36. The summed E-state index contributed by atoms with van der Waals surface area (Å²) in [5, 5.41) is 0. The van der Waals surface area contributed by atoms with Gasteiger partial charge in [-0.3, -0.25) is 0 Å². The number of ether oxygens (including phenoxy) is 3. The molecule has 1 aromatic rings. The Kier molecular flexibility index (Phi) is 4.18. The molecular formula is C15H21NO4. The lowest BCUT2D eigenvalue weighted by Gasteiger charge is -2.19. The molecule has 1 aromatic carbocycles. The number of hydrogen-bond donors (Lipinski definition) is 1. The summed E-state index contributed by atoms with van der Waals surface area (Å²) in [7, 11) is 1.51. The second kappa shape index (κ2) is 5.71. The summed E-state index contributed by atoms with van der Waals surface area (Å²) in [5.41, 5.74) is 6.50. The van der Waals surface area contributed by atoms with Gasteiger partial charge in [0.05, 0.1) is 30.1 Å². The topological polar surface area (TPSA) is 70.8 Å². The second-order valence-electron chi connectivity index (χ2n) is 5.59. The number of hydrogen-bond acceptors (Lipinski definition) is 5. The smallest absolute Gasteiger partial charge is 0.338 e. The third-order valence-electron chi connectivity index (χ3n) is 3.42. The minimum absolute atomic E-state index is 0.0235. The molecule has 20 heavy (non-hydrogen) atoms. The second-order valence-corrected chi connectivity index (χ2v) is 5.59. The van der Waals surface area contributed by atoms with E-state index in [1.807, 2.05) is 13.8 Å². The molecule has 0 spiro atoms. The highest BCUT2D eigenvalue weighted by molar-refractivity contribution is 5.90. The number of nitrogens with two attached hydrogens (primary N) is 1. The molecule has 110 valence electrons. The minimum atomic E-state index is -0.392. The third-order valence-corrected chi connectivity index (χ3v) is 3.42. The van der Waals surface area contributed by atoms with Gasteiger partial charge in [-0.2, -0.15) is 0 Å². The molecule has 0 saturated carbocycles. The van der Waals surface area contributed by atoms with Gasteiger partial charge in [0.1, 0.15) is 12.4 Å². The van der Waals surface area contributed by atoms with Crippen molar-refractivity contribution >= 4 is 11.7 Å². The fourth-order valence-corrected chi connectivity index (χ4v) is 2.29. The molecule has 1 atom stereocenters. The van der Waals surface area contributed by atoms with Crippen LogP contribution in [0.15, 0.2) is 18.2 Å². The molecule has 5 heteroatoms. The molecule has 2 N–H and O–H groups in total. The molecule has 1 saturated heterocycles. The van der Waals surface area contributed by atoms with Gasteiger partial charge in [-0.05, 0) is 44.9 Å². The van der Waals surface area contributed by atoms with Gasteiger partial charge in [-0.25, -0.2) is 4.79 Å². The molecule has 5 nitrogen and oxygen atoms in total. The first-order valence-electron chi connectivity index (χ1n) is 6.70. The van der Waals surface area contributed by atoms with E-state index in [2.05, 4.69) is 0 Å². The van der Waals surface area contributed by atoms with Crippen molar-refractivity contribution in [2.75, 3.05) is 19.5 Å². The molecule has 2 rings (SSSR count). The average molecular weight is 279 g/mol. The van der Waals surface area contributed by atoms with Crippen LogP contribution < -0.4 is 10.5 Å². The molecule has 1 aliphatic rings. The number of nitrogen functional groups attached to an aromatic ring is 1. The maximum Gasteiger partial charge on any atom is 0.338 e. The van der Waals surface area contributed by atoms with Crippen molar-refractivity contribution in [1.82, 2.24) is 0 Å². The first kappa shape index (κ1) is 14.7. The quantitative estimate of drug-likeness (QED) is 0.677. The zero-order valence-electron chi connectivity index (χ0n) is 12.1. The Morgan fingerprint density at radius 1 is 1.50 bits per heavy atom. The highest BCUT2D eigenvalue weighted by atomic mass is 16.6. The van der Waals surface area contributed by atoms with Crippen molar-refractivity contribution in [3.8, 4) is 5.75 Å². The summed E-state index contributed by atoms with van der Waals surface area (Å²) in [6.07, 6.45) is 1.86. The number of carbonyl (C=O) groups excluding carboxylic acids is 1. The van der Waals surface area contributed by atoms with Gasteiger partial charge in [0.15, 0.2) is 0 Å². The largest absolute Gasteiger partial charge is 0.495 e. The van der Waals surface area contributed by atoms with Crippen LogP contribution in [0.5, 0.6) is 5.75 Å². The number of anilines is 1. The first-order valence-corrected chi connectivity index (χ1v) is 6.70. The van der Waals surface area contributed by atoms with E-state index < -0.39 is 5.97 Å². The van der Waals surface area contributed by atoms with E-state index in [9.17, 15) is 4.79 Å². The third kappa shape index (κ3) is 3.42. The number of esters is 1. The van der Waals surface area contributed by atoms with Gasteiger partial charge < -0.3 is 19.9 Å². The Labute approximate surface area is 119 Å². The monoisotopic (exact) mass is 279 g/mol. The molecule has 0 radical (unpaired) electrons. The van der Waals surface area contributed by atoms with E-state index in [0.29, 0.717) is 17.0 Å². The number of rotatable bonds is 4. The molecule has 1 aliphatic heterocycles. The Morgan fingerprint density at radius 2 is 2.25 bits per heavy atom. The van der Waals surface area contributed by atoms with Crippen LogP contribution in [-0.2, 0) is 9.47 Å². The van der Waals surface area contributed by atoms with Gasteiger partial charge >= 0.3 is 5.97 Å². The fraction of sp³-hybridized carbons (Fsp3) is 0.533. The summed E-state index contributed by atoms with van der Waals surface area (Å²) < 4.78 is 16.1. The van der Waals surface area contributed by atoms with Gasteiger partial charge in [0, 0.05) is 0 Å². The molecule has 0 aliphatic carbocycles. The van der Waals surface area contributed by atoms with E-state index in [-0.39, 0.29) is 18.3 Å². The normalized spacial score (nSPS) is 20.6. The van der Waals surface area contributed by atoms with Crippen molar-refractivity contribution in [1.29, 1.82) is 0 Å². The van der Waals surface area contributed by atoms with E-state index in [4.69, 9.17) is 19.9 Å². The number of benzene rings is 1. The Morgan fingerprint density at radius 3 is 2.85 bits per heavy atom. The van der Waals surface area contributed by atoms with Crippen LogP contribution in [0.3, 0.4) is 0 Å². The van der Waals surface area contributed by atoms with Crippen molar-refractivity contribution in [2.45, 2.75) is 38.4 Å². The van der Waals surface area contributed by atoms with E-state index >= 15 is 0 Å². The van der Waals surface area contributed by atoms with E-state index in [1.54, 1.807) is 18.2 Å². The predicted octanol–water partition coefficient (Wildman–Crippen LogP) is 2.39. The maximum atomic E-state index is 12.0. The first-order chi connectivity index (χ1) is 9.41. The Balaban J connectivity index is 1.92. The summed E-state index contributed by atoms with van der Waals surface area (Å²) in [6, 6.07) is 4.83. The SMILES string of the molecule is COc1cc(C(=O)OCC2CCC(C)(C)O2)ccc1N. The number of methoxy groups -OCH3 is 1. The highest BCUT2D eigenvalue weighted by Crippen LogP contribution is 2.29. The van der Waals surface area contributed by atoms with Gasteiger partial charge in [0.2, 0.25) is 0 Å². The lowest BCUT2D eigenvalue weighted by Crippen LogP contribution is -2.24. The van der Waals surface area contributed by atoms with Crippen LogP contribution in [0.4, 0.5) is 5.69 Å². The molecule has 0 amide bonds. The minimum Gasteiger partial charge on any atom is -0.495 e. The van der Waals surface area contributed by atoms with Crippen molar-refractivity contribution < 1.29 is 19.0 Å². The van der Waals surface area contributed by atoms with Crippen LogP contribution in [0.2, 0.25) is 0 Å². The van der Waals surface area contributed by atoms with Crippen LogP contribution in [0.1, 0.15) is 37.0 Å².